The Hall–Kier alpha value is -2.11. The van der Waals surface area contributed by atoms with Crippen molar-refractivity contribution in [2.24, 2.45) is 0 Å². The van der Waals surface area contributed by atoms with Crippen LogP contribution < -0.4 is 16.0 Å². The summed E-state index contributed by atoms with van der Waals surface area (Å²) in [4.78, 5) is 27.0. The first-order chi connectivity index (χ1) is 8.70. The minimum absolute atomic E-state index is 0.000412. The summed E-state index contributed by atoms with van der Waals surface area (Å²) in [5.41, 5.74) is 1.06. The molecule has 0 radical (unpaired) electrons. The van der Waals surface area contributed by atoms with Gasteiger partial charge in [-0.2, -0.15) is 0 Å². The Morgan fingerprint density at radius 1 is 1.56 bits per heavy atom. The van der Waals surface area contributed by atoms with E-state index in [4.69, 9.17) is 0 Å². The van der Waals surface area contributed by atoms with E-state index in [9.17, 15) is 9.59 Å². The molecule has 0 saturated carbocycles. The van der Waals surface area contributed by atoms with Gasteiger partial charge in [0.1, 0.15) is 11.7 Å². The van der Waals surface area contributed by atoms with Crippen LogP contribution in [0.25, 0.3) is 0 Å². The van der Waals surface area contributed by atoms with Crippen molar-refractivity contribution in [1.29, 1.82) is 0 Å². The van der Waals surface area contributed by atoms with Gasteiger partial charge in [0.25, 0.3) is 5.91 Å². The smallest absolute Gasteiger partial charge is 0.269 e. The van der Waals surface area contributed by atoms with Gasteiger partial charge in [0.05, 0.1) is 0 Å². The van der Waals surface area contributed by atoms with Crippen LogP contribution in [0.2, 0.25) is 0 Å². The maximum Gasteiger partial charge on any atom is 0.269 e. The monoisotopic (exact) mass is 248 g/mol. The largest absolute Gasteiger partial charge is 0.374 e. The SMILES string of the molecule is CNC(=O)c1cc(NC2CCCNC2=O)ccn1. The normalized spacial score (nSPS) is 18.9. The lowest BCUT2D eigenvalue weighted by Crippen LogP contribution is -2.44. The highest BCUT2D eigenvalue weighted by Gasteiger charge is 2.21. The summed E-state index contributed by atoms with van der Waals surface area (Å²) in [7, 11) is 1.55. The van der Waals surface area contributed by atoms with Crippen molar-refractivity contribution in [3.63, 3.8) is 0 Å². The molecule has 0 spiro atoms. The highest BCUT2D eigenvalue weighted by atomic mass is 16.2. The molecule has 0 aromatic carbocycles. The molecular weight excluding hydrogens is 232 g/mol. The zero-order valence-corrected chi connectivity index (χ0v) is 10.2. The summed E-state index contributed by atoms with van der Waals surface area (Å²) in [6, 6.07) is 3.15. The molecule has 1 fully saturated rings. The topological polar surface area (TPSA) is 83.1 Å². The fourth-order valence-corrected chi connectivity index (χ4v) is 1.88. The van der Waals surface area contributed by atoms with Gasteiger partial charge in [-0.15, -0.1) is 0 Å². The van der Waals surface area contributed by atoms with E-state index in [-0.39, 0.29) is 17.9 Å². The van der Waals surface area contributed by atoms with Crippen molar-refractivity contribution in [2.75, 3.05) is 18.9 Å². The number of aromatic nitrogens is 1. The molecule has 18 heavy (non-hydrogen) atoms. The lowest BCUT2D eigenvalue weighted by Gasteiger charge is -2.23. The van der Waals surface area contributed by atoms with Crippen LogP contribution in [0.5, 0.6) is 0 Å². The van der Waals surface area contributed by atoms with Crippen molar-refractivity contribution < 1.29 is 9.59 Å². The van der Waals surface area contributed by atoms with Crippen molar-refractivity contribution in [2.45, 2.75) is 18.9 Å². The van der Waals surface area contributed by atoms with Gasteiger partial charge < -0.3 is 16.0 Å². The number of nitrogens with zero attached hydrogens (tertiary/aromatic N) is 1. The van der Waals surface area contributed by atoms with Gasteiger partial charge in [0, 0.05) is 25.5 Å². The molecule has 3 N–H and O–H groups in total. The van der Waals surface area contributed by atoms with Gasteiger partial charge in [-0.25, -0.2) is 0 Å². The molecule has 6 heteroatoms. The van der Waals surface area contributed by atoms with Crippen LogP contribution in [0, 0.1) is 0 Å². The second-order valence-corrected chi connectivity index (χ2v) is 4.14. The molecule has 1 aromatic rings. The number of hydrogen-bond donors (Lipinski definition) is 3. The molecule has 1 atom stereocenters. The molecular formula is C12H16N4O2. The van der Waals surface area contributed by atoms with E-state index in [2.05, 4.69) is 20.9 Å². The number of amides is 2. The summed E-state index contributed by atoms with van der Waals surface area (Å²) in [6.45, 7) is 0.733. The van der Waals surface area contributed by atoms with Gasteiger partial charge >= 0.3 is 0 Å². The van der Waals surface area contributed by atoms with Crippen LogP contribution in [0.3, 0.4) is 0 Å². The third-order valence-electron chi connectivity index (χ3n) is 2.85. The highest BCUT2D eigenvalue weighted by Crippen LogP contribution is 2.13. The summed E-state index contributed by atoms with van der Waals surface area (Å²) >= 11 is 0. The number of anilines is 1. The molecule has 0 bridgehead atoms. The first-order valence-electron chi connectivity index (χ1n) is 5.93. The Morgan fingerprint density at radius 2 is 2.39 bits per heavy atom. The summed E-state index contributed by atoms with van der Waals surface area (Å²) in [5.74, 6) is -0.244. The fourth-order valence-electron chi connectivity index (χ4n) is 1.88. The molecule has 96 valence electrons. The predicted octanol–water partition coefficient (Wildman–Crippen LogP) is 0.132. The highest BCUT2D eigenvalue weighted by molar-refractivity contribution is 5.93. The molecule has 2 rings (SSSR count). The number of nitrogens with one attached hydrogen (secondary N) is 3. The van der Waals surface area contributed by atoms with Crippen molar-refractivity contribution in [3.8, 4) is 0 Å². The Kier molecular flexibility index (Phi) is 3.76. The Labute approximate surface area is 105 Å². The maximum absolute atomic E-state index is 11.6. The van der Waals surface area contributed by atoms with Crippen LogP contribution in [-0.4, -0.2) is 36.4 Å². The Morgan fingerprint density at radius 3 is 3.11 bits per heavy atom. The number of carbonyl (C=O) groups is 2. The first-order valence-corrected chi connectivity index (χ1v) is 5.93. The zero-order chi connectivity index (χ0) is 13.0. The molecule has 2 heterocycles. The molecule has 2 amide bonds. The van der Waals surface area contributed by atoms with Crippen molar-refractivity contribution in [3.05, 3.63) is 24.0 Å². The average Bonchev–Trinajstić information content (AvgIpc) is 2.41. The number of piperidine rings is 1. The lowest BCUT2D eigenvalue weighted by molar-refractivity contribution is -0.123. The summed E-state index contributed by atoms with van der Waals surface area (Å²) < 4.78 is 0. The molecule has 1 unspecified atom stereocenters. The quantitative estimate of drug-likeness (QED) is 0.710. The second-order valence-electron chi connectivity index (χ2n) is 4.14. The Balaban J connectivity index is 2.09. The van der Waals surface area contributed by atoms with Gasteiger partial charge in [0.2, 0.25) is 5.91 Å². The molecule has 1 saturated heterocycles. The van der Waals surface area contributed by atoms with E-state index in [1.165, 1.54) is 0 Å². The number of carbonyl (C=O) groups excluding carboxylic acids is 2. The van der Waals surface area contributed by atoms with Crippen LogP contribution in [0.15, 0.2) is 18.3 Å². The fraction of sp³-hybridized carbons (Fsp3) is 0.417. The third-order valence-corrected chi connectivity index (χ3v) is 2.85. The molecule has 1 aliphatic heterocycles. The van der Waals surface area contributed by atoms with E-state index < -0.39 is 0 Å². The van der Waals surface area contributed by atoms with Gasteiger partial charge in [-0.05, 0) is 25.0 Å². The molecule has 0 aliphatic carbocycles. The number of hydrogen-bond acceptors (Lipinski definition) is 4. The second kappa shape index (κ2) is 5.48. The minimum atomic E-state index is -0.244. The van der Waals surface area contributed by atoms with Crippen LogP contribution >= 0.6 is 0 Å². The molecule has 1 aliphatic rings. The van der Waals surface area contributed by atoms with Gasteiger partial charge in [-0.3, -0.25) is 14.6 Å². The number of rotatable bonds is 3. The third kappa shape index (κ3) is 2.77. The van der Waals surface area contributed by atoms with Crippen molar-refractivity contribution >= 4 is 17.5 Å². The molecule has 1 aromatic heterocycles. The van der Waals surface area contributed by atoms with Crippen LogP contribution in [0.4, 0.5) is 5.69 Å². The van der Waals surface area contributed by atoms with E-state index in [0.29, 0.717) is 5.69 Å². The Bertz CT molecular complexity index is 461. The summed E-state index contributed by atoms with van der Waals surface area (Å²) in [6.07, 6.45) is 3.30. The zero-order valence-electron chi connectivity index (χ0n) is 10.2. The first kappa shape index (κ1) is 12.3. The van der Waals surface area contributed by atoms with Crippen LogP contribution in [0.1, 0.15) is 23.3 Å². The van der Waals surface area contributed by atoms with Crippen molar-refractivity contribution in [1.82, 2.24) is 15.6 Å². The predicted molar refractivity (Wildman–Crippen MR) is 67.3 cm³/mol. The van der Waals surface area contributed by atoms with E-state index in [0.717, 1.165) is 25.1 Å². The minimum Gasteiger partial charge on any atom is -0.374 e. The number of pyridine rings is 1. The van der Waals surface area contributed by atoms with E-state index in [1.807, 2.05) is 0 Å². The lowest BCUT2D eigenvalue weighted by atomic mass is 10.1. The summed E-state index contributed by atoms with van der Waals surface area (Å²) in [5, 5.41) is 8.43. The molecule has 6 nitrogen and oxygen atoms in total. The van der Waals surface area contributed by atoms with E-state index in [1.54, 1.807) is 25.4 Å². The average molecular weight is 248 g/mol. The van der Waals surface area contributed by atoms with Gasteiger partial charge in [-0.1, -0.05) is 0 Å². The van der Waals surface area contributed by atoms with E-state index >= 15 is 0 Å². The maximum atomic E-state index is 11.6. The van der Waals surface area contributed by atoms with Crippen LogP contribution in [-0.2, 0) is 4.79 Å². The van der Waals surface area contributed by atoms with Gasteiger partial charge in [0.15, 0.2) is 0 Å². The standard InChI is InChI=1S/C12H16N4O2/c1-13-11(17)10-7-8(4-6-14-10)16-9-3-2-5-15-12(9)18/h4,6-7,9H,2-3,5H2,1H3,(H,13,17)(H,14,16)(H,15,18).